The van der Waals surface area contributed by atoms with Crippen molar-refractivity contribution in [2.45, 2.75) is 38.1 Å². The second-order valence-corrected chi connectivity index (χ2v) is 10.1. The summed E-state index contributed by atoms with van der Waals surface area (Å²) in [7, 11) is 2.18. The van der Waals surface area contributed by atoms with Crippen LogP contribution in [-0.4, -0.2) is 58.5 Å². The van der Waals surface area contributed by atoms with E-state index in [1.54, 1.807) is 0 Å². The van der Waals surface area contributed by atoms with Crippen LogP contribution in [0.2, 0.25) is 5.02 Å². The van der Waals surface area contributed by atoms with Crippen molar-refractivity contribution in [2.75, 3.05) is 33.2 Å². The van der Waals surface area contributed by atoms with E-state index in [0.29, 0.717) is 23.8 Å². The van der Waals surface area contributed by atoms with Crippen LogP contribution in [0.4, 0.5) is 0 Å². The molecule has 3 aromatic rings. The van der Waals surface area contributed by atoms with E-state index in [9.17, 15) is 4.79 Å². The molecule has 0 bridgehead atoms. The molecule has 5 rings (SSSR count). The van der Waals surface area contributed by atoms with E-state index >= 15 is 0 Å². The largest absolute Gasteiger partial charge is 0.343 e. The first-order chi connectivity index (χ1) is 16.5. The Labute approximate surface area is 207 Å². The number of carbonyl (C=O) groups excluding carboxylic acids is 1. The molecule has 2 aliphatic heterocycles. The number of piperidine rings is 1. The first-order valence-corrected chi connectivity index (χ1v) is 12.8. The van der Waals surface area contributed by atoms with Crippen molar-refractivity contribution in [1.82, 2.24) is 19.4 Å². The van der Waals surface area contributed by atoms with Gasteiger partial charge in [-0.25, -0.2) is 4.98 Å². The third-order valence-electron chi connectivity index (χ3n) is 7.76. The Morgan fingerprint density at radius 1 is 1.15 bits per heavy atom. The summed E-state index contributed by atoms with van der Waals surface area (Å²) in [5, 5.41) is 0.712. The number of rotatable bonds is 7. The second-order valence-electron chi connectivity index (χ2n) is 9.71. The molecular weight excluding hydrogens is 444 g/mol. The lowest BCUT2D eigenvalue weighted by atomic mass is 9.79. The molecule has 5 nitrogen and oxygen atoms in total. The van der Waals surface area contributed by atoms with Crippen molar-refractivity contribution in [3.05, 3.63) is 77.1 Å². The van der Waals surface area contributed by atoms with Crippen molar-refractivity contribution < 1.29 is 4.79 Å². The number of hydrogen-bond acceptors (Lipinski definition) is 3. The summed E-state index contributed by atoms with van der Waals surface area (Å²) in [6.45, 7) is 6.12. The predicted molar refractivity (Wildman–Crippen MR) is 137 cm³/mol. The zero-order valence-corrected chi connectivity index (χ0v) is 20.8. The number of likely N-dealkylation sites (tertiary alicyclic amines) is 1. The Morgan fingerprint density at radius 2 is 1.88 bits per heavy atom. The molecule has 1 amide bonds. The number of aromatic nitrogens is 2. The molecule has 2 aliphatic rings. The predicted octanol–water partition coefficient (Wildman–Crippen LogP) is 5.28. The average Bonchev–Trinajstić information content (AvgIpc) is 3.45. The van der Waals surface area contributed by atoms with Gasteiger partial charge in [-0.1, -0.05) is 54.9 Å². The van der Waals surface area contributed by atoms with Crippen molar-refractivity contribution in [3.63, 3.8) is 0 Å². The standard InChI is InChI=1S/C28H33ClN4O/c1-3-31(2)20-21-13-17-32(18-14-21)26(34)12-15-28(22-8-10-23(29)11-9-22)25-7-5-4-6-24(25)27-30-16-19-33(27)28/h4-11,16,19,21H,3,12-15,17-18,20H2,1-2H3. The van der Waals surface area contributed by atoms with Crippen LogP contribution in [0.1, 0.15) is 43.7 Å². The first kappa shape index (κ1) is 23.1. The van der Waals surface area contributed by atoms with Crippen molar-refractivity contribution >= 4 is 17.5 Å². The molecule has 0 aliphatic carbocycles. The Bertz CT molecular complexity index is 1150. The van der Waals surface area contributed by atoms with E-state index in [-0.39, 0.29) is 5.91 Å². The van der Waals surface area contributed by atoms with E-state index in [2.05, 4.69) is 69.7 Å². The van der Waals surface area contributed by atoms with Gasteiger partial charge in [0.05, 0.1) is 5.54 Å². The van der Waals surface area contributed by atoms with Gasteiger partial charge >= 0.3 is 0 Å². The molecule has 2 aromatic carbocycles. The molecule has 1 saturated heterocycles. The molecule has 0 spiro atoms. The lowest BCUT2D eigenvalue weighted by Gasteiger charge is -2.36. The maximum Gasteiger partial charge on any atom is 0.222 e. The lowest BCUT2D eigenvalue weighted by Crippen LogP contribution is -2.42. The van der Waals surface area contributed by atoms with Gasteiger partial charge in [0, 0.05) is 49.0 Å². The fourth-order valence-electron chi connectivity index (χ4n) is 5.78. The van der Waals surface area contributed by atoms with E-state index in [4.69, 9.17) is 11.6 Å². The van der Waals surface area contributed by atoms with Crippen molar-refractivity contribution in [3.8, 4) is 11.4 Å². The summed E-state index contributed by atoms with van der Waals surface area (Å²) in [5.41, 5.74) is 3.01. The topological polar surface area (TPSA) is 41.4 Å². The average molecular weight is 477 g/mol. The summed E-state index contributed by atoms with van der Waals surface area (Å²) in [4.78, 5) is 22.5. The molecule has 1 atom stereocenters. The molecule has 1 unspecified atom stereocenters. The summed E-state index contributed by atoms with van der Waals surface area (Å²) in [6, 6.07) is 16.5. The van der Waals surface area contributed by atoms with Crippen LogP contribution in [0.25, 0.3) is 11.4 Å². The summed E-state index contributed by atoms with van der Waals surface area (Å²) >= 11 is 6.24. The normalized spacial score (nSPS) is 19.9. The highest BCUT2D eigenvalue weighted by molar-refractivity contribution is 6.30. The molecule has 178 valence electrons. The smallest absolute Gasteiger partial charge is 0.222 e. The molecule has 34 heavy (non-hydrogen) atoms. The maximum absolute atomic E-state index is 13.4. The zero-order chi connectivity index (χ0) is 23.7. The minimum atomic E-state index is -0.467. The number of nitrogens with zero attached hydrogens (tertiary/aromatic N) is 4. The Morgan fingerprint density at radius 3 is 2.62 bits per heavy atom. The number of imidazole rings is 1. The first-order valence-electron chi connectivity index (χ1n) is 12.4. The quantitative estimate of drug-likeness (QED) is 0.466. The van der Waals surface area contributed by atoms with Gasteiger partial charge in [0.25, 0.3) is 0 Å². The maximum atomic E-state index is 13.4. The van der Waals surface area contributed by atoms with Crippen LogP contribution in [0.3, 0.4) is 0 Å². The Kier molecular flexibility index (Phi) is 6.50. The van der Waals surface area contributed by atoms with Crippen LogP contribution in [0, 0.1) is 5.92 Å². The molecule has 0 N–H and O–H groups in total. The Balaban J connectivity index is 1.39. The number of halogens is 1. The van der Waals surface area contributed by atoms with Crippen LogP contribution in [0.5, 0.6) is 0 Å². The molecule has 3 heterocycles. The monoisotopic (exact) mass is 476 g/mol. The summed E-state index contributed by atoms with van der Waals surface area (Å²) in [5.74, 6) is 1.89. The number of benzene rings is 2. The third-order valence-corrected chi connectivity index (χ3v) is 8.02. The highest BCUT2D eigenvalue weighted by atomic mass is 35.5. The fraction of sp³-hybridized carbons (Fsp3) is 0.429. The van der Waals surface area contributed by atoms with Gasteiger partial charge in [0.1, 0.15) is 5.82 Å². The van der Waals surface area contributed by atoms with E-state index in [1.807, 2.05) is 24.5 Å². The number of amides is 1. The minimum absolute atomic E-state index is 0.252. The van der Waals surface area contributed by atoms with Crippen LogP contribution < -0.4 is 0 Å². The summed E-state index contributed by atoms with van der Waals surface area (Å²) in [6.07, 6.45) is 7.26. The van der Waals surface area contributed by atoms with Crippen molar-refractivity contribution in [2.24, 2.45) is 5.92 Å². The number of fused-ring (bicyclic) bond motifs is 3. The van der Waals surface area contributed by atoms with Gasteiger partial charge in [-0.2, -0.15) is 0 Å². The number of carbonyl (C=O) groups is 1. The zero-order valence-electron chi connectivity index (χ0n) is 20.1. The van der Waals surface area contributed by atoms with Gasteiger partial charge in [0.15, 0.2) is 0 Å². The fourth-order valence-corrected chi connectivity index (χ4v) is 5.91. The van der Waals surface area contributed by atoms with E-state index in [1.165, 1.54) is 5.56 Å². The van der Waals surface area contributed by atoms with E-state index < -0.39 is 5.54 Å². The molecule has 0 saturated carbocycles. The SMILES string of the molecule is CCN(C)CC1CCN(C(=O)CCC2(c3ccc(Cl)cc3)c3ccccc3-c3nccn32)CC1. The highest BCUT2D eigenvalue weighted by Gasteiger charge is 2.45. The third kappa shape index (κ3) is 4.05. The van der Waals surface area contributed by atoms with Gasteiger partial charge in [0.2, 0.25) is 5.91 Å². The highest BCUT2D eigenvalue weighted by Crippen LogP contribution is 2.49. The van der Waals surface area contributed by atoms with E-state index in [0.717, 1.165) is 56.0 Å². The Hall–Kier alpha value is -2.63. The minimum Gasteiger partial charge on any atom is -0.343 e. The molecular formula is C28H33ClN4O. The summed E-state index contributed by atoms with van der Waals surface area (Å²) < 4.78 is 2.25. The molecule has 0 radical (unpaired) electrons. The molecule has 6 heteroatoms. The second kappa shape index (κ2) is 9.55. The lowest BCUT2D eigenvalue weighted by molar-refractivity contribution is -0.133. The molecule has 1 aromatic heterocycles. The van der Waals surface area contributed by atoms with Crippen molar-refractivity contribution in [1.29, 1.82) is 0 Å². The molecule has 1 fully saturated rings. The number of hydrogen-bond donors (Lipinski definition) is 0. The van der Waals surface area contributed by atoms with Gasteiger partial charge in [-0.05, 0) is 62.0 Å². The van der Waals surface area contributed by atoms with Gasteiger partial charge < -0.3 is 14.4 Å². The van der Waals surface area contributed by atoms with Crippen LogP contribution in [-0.2, 0) is 10.3 Å². The van der Waals surface area contributed by atoms with Crippen LogP contribution in [0.15, 0.2) is 60.9 Å². The van der Waals surface area contributed by atoms with Crippen LogP contribution >= 0.6 is 11.6 Å². The van der Waals surface area contributed by atoms with Gasteiger partial charge in [-0.15, -0.1) is 0 Å². The van der Waals surface area contributed by atoms with Gasteiger partial charge in [-0.3, -0.25) is 4.79 Å².